The van der Waals surface area contributed by atoms with Crippen molar-refractivity contribution in [2.75, 3.05) is 37.9 Å². The number of hydrogen-bond donors (Lipinski definition) is 1. The zero-order chi connectivity index (χ0) is 28.5. The van der Waals surface area contributed by atoms with E-state index in [1.165, 1.54) is 22.4 Å². The minimum absolute atomic E-state index is 0.0433. The monoisotopic (exact) mass is 567 g/mol. The molecule has 0 aromatic heterocycles. The molecule has 38 heavy (non-hydrogen) atoms. The normalized spacial score (nSPS) is 12.1. The molecule has 2 amide bonds. The lowest BCUT2D eigenvalue weighted by atomic mass is 10.1. The minimum atomic E-state index is -3.64. The number of halogens is 1. The van der Waals surface area contributed by atoms with E-state index in [9.17, 15) is 18.0 Å². The number of carbonyl (C=O) groups is 2. The Hall–Kier alpha value is -2.98. The van der Waals surface area contributed by atoms with Crippen molar-refractivity contribution in [2.24, 2.45) is 5.92 Å². The minimum Gasteiger partial charge on any atom is -0.497 e. The third-order valence-corrected chi connectivity index (χ3v) is 7.40. The van der Waals surface area contributed by atoms with Crippen molar-refractivity contribution in [3.05, 3.63) is 53.1 Å². The van der Waals surface area contributed by atoms with Gasteiger partial charge in [-0.15, -0.1) is 0 Å². The highest BCUT2D eigenvalue weighted by Gasteiger charge is 2.27. The Kier molecular flexibility index (Phi) is 11.7. The number of ether oxygens (including phenoxy) is 2. The zero-order valence-electron chi connectivity index (χ0n) is 22.9. The molecular weight excluding hydrogens is 530 g/mol. The van der Waals surface area contributed by atoms with Crippen LogP contribution < -0.4 is 19.1 Å². The van der Waals surface area contributed by atoms with E-state index in [0.717, 1.165) is 11.8 Å². The number of nitrogens with one attached hydrogen (secondary N) is 1. The van der Waals surface area contributed by atoms with Gasteiger partial charge in [0.25, 0.3) is 0 Å². The maximum atomic E-state index is 13.4. The predicted molar refractivity (Wildman–Crippen MR) is 150 cm³/mol. The van der Waals surface area contributed by atoms with Crippen molar-refractivity contribution < 1.29 is 27.5 Å². The van der Waals surface area contributed by atoms with E-state index < -0.39 is 16.1 Å². The molecule has 0 unspecified atom stereocenters. The number of rotatable bonds is 14. The maximum absolute atomic E-state index is 13.4. The third kappa shape index (κ3) is 9.09. The molecule has 0 aliphatic rings. The third-order valence-electron chi connectivity index (χ3n) is 5.91. The van der Waals surface area contributed by atoms with Crippen LogP contribution in [-0.4, -0.2) is 64.7 Å². The van der Waals surface area contributed by atoms with Gasteiger partial charge in [0.2, 0.25) is 21.8 Å². The van der Waals surface area contributed by atoms with E-state index in [4.69, 9.17) is 21.1 Å². The SMILES string of the molecule is COc1cccc(CN(C(=O)CCCN(c2ccc(OC)c(Cl)c2)S(C)(=O)=O)[C@H](C)C(=O)NCC(C)C)c1. The van der Waals surface area contributed by atoms with Crippen molar-refractivity contribution in [1.29, 1.82) is 0 Å². The number of benzene rings is 2. The van der Waals surface area contributed by atoms with Gasteiger partial charge in [-0.25, -0.2) is 8.42 Å². The molecule has 1 N–H and O–H groups in total. The fourth-order valence-corrected chi connectivity index (χ4v) is 5.03. The molecule has 0 bridgehead atoms. The molecule has 2 aromatic carbocycles. The second-order valence-corrected chi connectivity index (χ2v) is 11.8. The summed E-state index contributed by atoms with van der Waals surface area (Å²) in [6.07, 6.45) is 1.38. The molecule has 2 rings (SSSR count). The number of carbonyl (C=O) groups excluding carboxylic acids is 2. The quantitative estimate of drug-likeness (QED) is 0.368. The van der Waals surface area contributed by atoms with Crippen LogP contribution >= 0.6 is 11.6 Å². The smallest absolute Gasteiger partial charge is 0.242 e. The Morgan fingerprint density at radius 3 is 2.34 bits per heavy atom. The molecule has 2 aromatic rings. The first-order valence-corrected chi connectivity index (χ1v) is 14.6. The van der Waals surface area contributed by atoms with Gasteiger partial charge in [-0.05, 0) is 55.2 Å². The molecule has 210 valence electrons. The van der Waals surface area contributed by atoms with Crippen LogP contribution in [0.25, 0.3) is 0 Å². The van der Waals surface area contributed by atoms with Crippen LogP contribution in [0.15, 0.2) is 42.5 Å². The molecule has 9 nitrogen and oxygen atoms in total. The van der Waals surface area contributed by atoms with Crippen molar-refractivity contribution in [1.82, 2.24) is 10.2 Å². The van der Waals surface area contributed by atoms with Gasteiger partial charge >= 0.3 is 0 Å². The molecule has 0 saturated heterocycles. The molecule has 11 heteroatoms. The lowest BCUT2D eigenvalue weighted by molar-refractivity contribution is -0.140. The Bertz CT molecular complexity index is 1210. The van der Waals surface area contributed by atoms with E-state index in [0.29, 0.717) is 23.7 Å². The molecule has 0 aliphatic carbocycles. The number of hydrogen-bond acceptors (Lipinski definition) is 6. The highest BCUT2D eigenvalue weighted by atomic mass is 35.5. The molecule has 0 fully saturated rings. The van der Waals surface area contributed by atoms with Gasteiger partial charge in [-0.3, -0.25) is 13.9 Å². The standard InChI is InChI=1S/C27H38ClN3O6S/c1-19(2)17-29-27(33)20(3)30(18-21-9-7-10-23(15-21)36-4)26(32)11-8-14-31(38(6,34)35)22-12-13-25(37-5)24(28)16-22/h7,9-10,12-13,15-16,19-20H,8,11,14,17-18H2,1-6H3,(H,29,33)/t20-/m1/s1. The second kappa shape index (κ2) is 14.2. The lowest BCUT2D eigenvalue weighted by Crippen LogP contribution is -2.48. The first-order chi connectivity index (χ1) is 17.9. The van der Waals surface area contributed by atoms with Gasteiger partial charge in [-0.1, -0.05) is 37.6 Å². The largest absolute Gasteiger partial charge is 0.497 e. The summed E-state index contributed by atoms with van der Waals surface area (Å²) in [5.41, 5.74) is 1.19. The summed E-state index contributed by atoms with van der Waals surface area (Å²) in [6, 6.07) is 11.3. The van der Waals surface area contributed by atoms with E-state index >= 15 is 0 Å². The van der Waals surface area contributed by atoms with Crippen LogP contribution in [0, 0.1) is 5.92 Å². The molecule has 0 spiro atoms. The number of amides is 2. The highest BCUT2D eigenvalue weighted by molar-refractivity contribution is 7.92. The predicted octanol–water partition coefficient (Wildman–Crippen LogP) is 4.09. The van der Waals surface area contributed by atoms with Crippen LogP contribution in [0.4, 0.5) is 5.69 Å². The molecule has 0 saturated carbocycles. The highest BCUT2D eigenvalue weighted by Crippen LogP contribution is 2.30. The summed E-state index contributed by atoms with van der Waals surface area (Å²) < 4.78 is 36.7. The van der Waals surface area contributed by atoms with Crippen LogP contribution in [0.1, 0.15) is 39.2 Å². The fraction of sp³-hybridized carbons (Fsp3) is 0.481. The number of anilines is 1. The van der Waals surface area contributed by atoms with Crippen molar-refractivity contribution >= 4 is 39.1 Å². The van der Waals surface area contributed by atoms with Gasteiger partial charge in [0.1, 0.15) is 17.5 Å². The molecule has 0 heterocycles. The molecule has 0 radical (unpaired) electrons. The summed E-state index contributed by atoms with van der Waals surface area (Å²) in [7, 11) is -0.606. The molecular formula is C27H38ClN3O6S. The van der Waals surface area contributed by atoms with Gasteiger partial charge in [-0.2, -0.15) is 0 Å². The van der Waals surface area contributed by atoms with Gasteiger partial charge < -0.3 is 19.7 Å². The topological polar surface area (TPSA) is 105 Å². The van der Waals surface area contributed by atoms with E-state index in [1.807, 2.05) is 32.0 Å². The fourth-order valence-electron chi connectivity index (χ4n) is 3.82. The Balaban J connectivity index is 2.20. The van der Waals surface area contributed by atoms with Crippen molar-refractivity contribution in [2.45, 2.75) is 46.2 Å². The summed E-state index contributed by atoms with van der Waals surface area (Å²) in [5.74, 6) is 0.828. The molecule has 0 aliphatic heterocycles. The summed E-state index contributed by atoms with van der Waals surface area (Å²) >= 11 is 6.20. The summed E-state index contributed by atoms with van der Waals surface area (Å²) in [4.78, 5) is 27.8. The first-order valence-electron chi connectivity index (χ1n) is 12.4. The molecule has 1 atom stereocenters. The Morgan fingerprint density at radius 2 is 1.76 bits per heavy atom. The van der Waals surface area contributed by atoms with Gasteiger partial charge in [0, 0.05) is 26.1 Å². The number of nitrogens with zero attached hydrogens (tertiary/aromatic N) is 2. The zero-order valence-corrected chi connectivity index (χ0v) is 24.4. The van der Waals surface area contributed by atoms with E-state index in [1.54, 1.807) is 32.2 Å². The van der Waals surface area contributed by atoms with Crippen molar-refractivity contribution in [3.8, 4) is 11.5 Å². The Morgan fingerprint density at radius 1 is 1.05 bits per heavy atom. The first kappa shape index (κ1) is 31.2. The van der Waals surface area contributed by atoms with Crippen molar-refractivity contribution in [3.63, 3.8) is 0 Å². The van der Waals surface area contributed by atoms with Gasteiger partial charge in [0.15, 0.2) is 0 Å². The average Bonchev–Trinajstić information content (AvgIpc) is 2.87. The lowest BCUT2D eigenvalue weighted by Gasteiger charge is -2.30. The van der Waals surface area contributed by atoms with Crippen LogP contribution in [0.3, 0.4) is 0 Å². The van der Waals surface area contributed by atoms with Crippen LogP contribution in [-0.2, 0) is 26.2 Å². The average molecular weight is 568 g/mol. The van der Waals surface area contributed by atoms with E-state index in [-0.39, 0.29) is 48.7 Å². The number of methoxy groups -OCH3 is 2. The van der Waals surface area contributed by atoms with Crippen LogP contribution in [0.5, 0.6) is 11.5 Å². The van der Waals surface area contributed by atoms with E-state index in [2.05, 4.69) is 5.32 Å². The Labute approximate surface area is 231 Å². The van der Waals surface area contributed by atoms with Crippen LogP contribution in [0.2, 0.25) is 5.02 Å². The number of sulfonamides is 1. The van der Waals surface area contributed by atoms with Gasteiger partial charge in [0.05, 0.1) is 31.2 Å². The second-order valence-electron chi connectivity index (χ2n) is 9.45. The summed E-state index contributed by atoms with van der Waals surface area (Å²) in [6.45, 7) is 6.44. The maximum Gasteiger partial charge on any atom is 0.242 e. The summed E-state index contributed by atoms with van der Waals surface area (Å²) in [5, 5.41) is 3.17.